The van der Waals surface area contributed by atoms with Gasteiger partial charge in [0.2, 0.25) is 11.8 Å². The van der Waals surface area contributed by atoms with E-state index in [1.165, 1.54) is 0 Å². The van der Waals surface area contributed by atoms with Gasteiger partial charge in [0.05, 0.1) is 25.0 Å². The molecule has 1 saturated carbocycles. The van der Waals surface area contributed by atoms with Crippen molar-refractivity contribution in [2.75, 3.05) is 18.5 Å². The lowest BCUT2D eigenvalue weighted by molar-refractivity contribution is -0.119. The standard InChI is InChI=1S/C12H17N3O2/c1-2-17-12-6-5-10(7-14-12)13-8-11(16)15-9-3-4-9/h5-7,9,13H,2-4,8H2,1H3,(H,15,16). The number of nitrogens with zero attached hydrogens (tertiary/aromatic N) is 1. The number of amides is 1. The molecule has 1 heterocycles. The molecule has 1 amide bonds. The summed E-state index contributed by atoms with van der Waals surface area (Å²) in [6, 6.07) is 4.04. The highest BCUT2D eigenvalue weighted by atomic mass is 16.5. The highest BCUT2D eigenvalue weighted by molar-refractivity contribution is 5.81. The van der Waals surface area contributed by atoms with Crippen LogP contribution in [0.3, 0.4) is 0 Å². The maximum absolute atomic E-state index is 11.4. The zero-order valence-electron chi connectivity index (χ0n) is 9.90. The van der Waals surface area contributed by atoms with Gasteiger partial charge in [-0.05, 0) is 25.8 Å². The van der Waals surface area contributed by atoms with Gasteiger partial charge in [0, 0.05) is 12.1 Å². The van der Waals surface area contributed by atoms with Gasteiger partial charge in [-0.3, -0.25) is 4.79 Å². The molecule has 5 nitrogen and oxygen atoms in total. The molecule has 0 aromatic carbocycles. The SMILES string of the molecule is CCOc1ccc(NCC(=O)NC2CC2)cn1. The number of anilines is 1. The first-order valence-corrected chi connectivity index (χ1v) is 5.90. The molecule has 1 aromatic rings. The van der Waals surface area contributed by atoms with Crippen LogP contribution < -0.4 is 15.4 Å². The van der Waals surface area contributed by atoms with E-state index in [1.807, 2.05) is 13.0 Å². The van der Waals surface area contributed by atoms with Crippen LogP contribution in [0.2, 0.25) is 0 Å². The largest absolute Gasteiger partial charge is 0.478 e. The Morgan fingerprint density at radius 1 is 1.53 bits per heavy atom. The number of pyridine rings is 1. The summed E-state index contributed by atoms with van der Waals surface area (Å²) >= 11 is 0. The first-order valence-electron chi connectivity index (χ1n) is 5.90. The minimum atomic E-state index is 0.0291. The molecular weight excluding hydrogens is 218 g/mol. The molecule has 0 saturated heterocycles. The van der Waals surface area contributed by atoms with E-state index in [9.17, 15) is 4.79 Å². The van der Waals surface area contributed by atoms with Crippen molar-refractivity contribution in [3.63, 3.8) is 0 Å². The molecule has 1 aliphatic carbocycles. The summed E-state index contributed by atoms with van der Waals surface area (Å²) in [7, 11) is 0. The van der Waals surface area contributed by atoms with E-state index in [2.05, 4.69) is 15.6 Å². The fraction of sp³-hybridized carbons (Fsp3) is 0.500. The van der Waals surface area contributed by atoms with Crippen molar-refractivity contribution in [3.8, 4) is 5.88 Å². The number of nitrogens with one attached hydrogen (secondary N) is 2. The second-order valence-electron chi connectivity index (χ2n) is 4.01. The molecule has 0 aliphatic heterocycles. The van der Waals surface area contributed by atoms with Gasteiger partial charge in [-0.15, -0.1) is 0 Å². The van der Waals surface area contributed by atoms with Crippen molar-refractivity contribution in [1.82, 2.24) is 10.3 Å². The van der Waals surface area contributed by atoms with Crippen LogP contribution in [0.1, 0.15) is 19.8 Å². The second kappa shape index (κ2) is 5.52. The zero-order valence-corrected chi connectivity index (χ0v) is 9.90. The van der Waals surface area contributed by atoms with Crippen molar-refractivity contribution in [2.24, 2.45) is 0 Å². The van der Waals surface area contributed by atoms with Crippen molar-refractivity contribution in [2.45, 2.75) is 25.8 Å². The van der Waals surface area contributed by atoms with Crippen molar-refractivity contribution < 1.29 is 9.53 Å². The lowest BCUT2D eigenvalue weighted by Crippen LogP contribution is -2.31. The summed E-state index contributed by atoms with van der Waals surface area (Å²) in [6.07, 6.45) is 3.88. The molecule has 17 heavy (non-hydrogen) atoms. The Bertz CT molecular complexity index is 374. The molecular formula is C12H17N3O2. The Balaban J connectivity index is 1.75. The van der Waals surface area contributed by atoms with E-state index in [1.54, 1.807) is 12.3 Å². The van der Waals surface area contributed by atoms with Gasteiger partial charge >= 0.3 is 0 Å². The Morgan fingerprint density at radius 2 is 2.35 bits per heavy atom. The van der Waals surface area contributed by atoms with Gasteiger partial charge in [0.15, 0.2) is 0 Å². The van der Waals surface area contributed by atoms with Crippen LogP contribution >= 0.6 is 0 Å². The summed E-state index contributed by atoms with van der Waals surface area (Å²) in [4.78, 5) is 15.5. The molecule has 2 N–H and O–H groups in total. The van der Waals surface area contributed by atoms with Crippen LogP contribution in [0.5, 0.6) is 5.88 Å². The Labute approximate surface area is 101 Å². The number of ether oxygens (including phenoxy) is 1. The molecule has 0 radical (unpaired) electrons. The Hall–Kier alpha value is -1.78. The maximum atomic E-state index is 11.4. The first kappa shape index (κ1) is 11.7. The van der Waals surface area contributed by atoms with Gasteiger partial charge in [-0.2, -0.15) is 0 Å². The average Bonchev–Trinajstić information content (AvgIpc) is 3.12. The number of hydrogen-bond donors (Lipinski definition) is 2. The zero-order chi connectivity index (χ0) is 12.1. The van der Waals surface area contributed by atoms with Gasteiger partial charge in [0.1, 0.15) is 0 Å². The second-order valence-corrected chi connectivity index (χ2v) is 4.01. The summed E-state index contributed by atoms with van der Waals surface area (Å²) in [5.74, 6) is 0.627. The molecule has 92 valence electrons. The van der Waals surface area contributed by atoms with Gasteiger partial charge in [-0.25, -0.2) is 4.98 Å². The molecule has 0 unspecified atom stereocenters. The van der Waals surface area contributed by atoms with Gasteiger partial charge < -0.3 is 15.4 Å². The van der Waals surface area contributed by atoms with E-state index in [-0.39, 0.29) is 12.5 Å². The Morgan fingerprint density at radius 3 is 2.94 bits per heavy atom. The monoisotopic (exact) mass is 235 g/mol. The molecule has 2 rings (SSSR count). The van der Waals surface area contributed by atoms with Crippen molar-refractivity contribution in [3.05, 3.63) is 18.3 Å². The summed E-state index contributed by atoms with van der Waals surface area (Å²) in [5.41, 5.74) is 0.819. The number of carbonyl (C=O) groups excluding carboxylic acids is 1. The third-order valence-electron chi connectivity index (χ3n) is 2.42. The number of rotatable bonds is 6. The smallest absolute Gasteiger partial charge is 0.239 e. The van der Waals surface area contributed by atoms with Crippen molar-refractivity contribution >= 4 is 11.6 Å². The van der Waals surface area contributed by atoms with E-state index in [0.29, 0.717) is 18.5 Å². The van der Waals surface area contributed by atoms with Crippen LogP contribution in [0.15, 0.2) is 18.3 Å². The normalized spacial score (nSPS) is 14.2. The van der Waals surface area contributed by atoms with E-state index < -0.39 is 0 Å². The van der Waals surface area contributed by atoms with Gasteiger partial charge in [0.25, 0.3) is 0 Å². The molecule has 0 spiro atoms. The summed E-state index contributed by atoms with van der Waals surface area (Å²) in [6.45, 7) is 2.80. The third kappa shape index (κ3) is 3.94. The lowest BCUT2D eigenvalue weighted by Gasteiger charge is -2.07. The lowest BCUT2D eigenvalue weighted by atomic mass is 10.4. The fourth-order valence-corrected chi connectivity index (χ4v) is 1.41. The average molecular weight is 235 g/mol. The predicted octanol–water partition coefficient (Wildman–Crippen LogP) is 1.17. The van der Waals surface area contributed by atoms with Gasteiger partial charge in [-0.1, -0.05) is 0 Å². The molecule has 5 heteroatoms. The number of aromatic nitrogens is 1. The van der Waals surface area contributed by atoms with E-state index in [0.717, 1.165) is 18.5 Å². The molecule has 1 fully saturated rings. The maximum Gasteiger partial charge on any atom is 0.239 e. The number of hydrogen-bond acceptors (Lipinski definition) is 4. The minimum Gasteiger partial charge on any atom is -0.478 e. The van der Waals surface area contributed by atoms with Crippen LogP contribution in [-0.4, -0.2) is 30.1 Å². The van der Waals surface area contributed by atoms with E-state index in [4.69, 9.17) is 4.74 Å². The van der Waals surface area contributed by atoms with Crippen LogP contribution in [0, 0.1) is 0 Å². The third-order valence-corrected chi connectivity index (χ3v) is 2.42. The molecule has 1 aliphatic rings. The first-order chi connectivity index (χ1) is 8.28. The van der Waals surface area contributed by atoms with E-state index >= 15 is 0 Å². The fourth-order valence-electron chi connectivity index (χ4n) is 1.41. The quantitative estimate of drug-likeness (QED) is 0.777. The molecule has 0 bridgehead atoms. The topological polar surface area (TPSA) is 63.2 Å². The Kier molecular flexibility index (Phi) is 3.80. The van der Waals surface area contributed by atoms with Crippen LogP contribution in [0.25, 0.3) is 0 Å². The minimum absolute atomic E-state index is 0.0291. The highest BCUT2D eigenvalue weighted by Gasteiger charge is 2.22. The highest BCUT2D eigenvalue weighted by Crippen LogP contribution is 2.18. The van der Waals surface area contributed by atoms with Crippen LogP contribution in [-0.2, 0) is 4.79 Å². The summed E-state index contributed by atoms with van der Waals surface area (Å²) < 4.78 is 5.23. The molecule has 0 atom stereocenters. The van der Waals surface area contributed by atoms with Crippen LogP contribution in [0.4, 0.5) is 5.69 Å². The predicted molar refractivity (Wildman–Crippen MR) is 65.1 cm³/mol. The van der Waals surface area contributed by atoms with Crippen molar-refractivity contribution in [1.29, 1.82) is 0 Å². The number of carbonyl (C=O) groups is 1. The summed E-state index contributed by atoms with van der Waals surface area (Å²) in [5, 5.41) is 5.93. The molecule has 1 aromatic heterocycles.